The first-order valence-corrected chi connectivity index (χ1v) is 9.37. The number of amides is 1. The second-order valence-electron chi connectivity index (χ2n) is 6.65. The zero-order valence-corrected chi connectivity index (χ0v) is 15.8. The van der Waals surface area contributed by atoms with Crippen LogP contribution < -0.4 is 16.3 Å². The van der Waals surface area contributed by atoms with Gasteiger partial charge in [-0.1, -0.05) is 11.6 Å². The molecule has 3 N–H and O–H groups in total. The maximum Gasteiger partial charge on any atom is 0.345 e. The number of fused-ring (bicyclic) bond motifs is 4. The Morgan fingerprint density at radius 3 is 3.00 bits per heavy atom. The number of hydrogen-bond acceptors (Lipinski definition) is 4. The van der Waals surface area contributed by atoms with Crippen molar-refractivity contribution >= 4 is 39.1 Å². The second-order valence-corrected chi connectivity index (χ2v) is 7.91. The molecule has 3 unspecified atom stereocenters. The molecule has 0 saturated carbocycles. The molecule has 2 aliphatic rings. The number of piperidine rings is 1. The minimum absolute atomic E-state index is 0.0593. The van der Waals surface area contributed by atoms with Crippen molar-refractivity contribution in [3.05, 3.63) is 55.4 Å². The summed E-state index contributed by atoms with van der Waals surface area (Å²) in [5.74, 6) is -1.05. The number of aromatic nitrogens is 2. The lowest BCUT2D eigenvalue weighted by atomic mass is 9.78. The maximum atomic E-state index is 14.1. The van der Waals surface area contributed by atoms with E-state index >= 15 is 0 Å². The van der Waals surface area contributed by atoms with Gasteiger partial charge in [0.1, 0.15) is 5.82 Å². The van der Waals surface area contributed by atoms with Crippen LogP contribution in [0.5, 0.6) is 0 Å². The molecule has 136 valence electrons. The van der Waals surface area contributed by atoms with Crippen LogP contribution in [0.2, 0.25) is 5.02 Å². The topological polar surface area (TPSA) is 86.9 Å². The van der Waals surface area contributed by atoms with Crippen molar-refractivity contribution in [2.75, 3.05) is 5.32 Å². The monoisotopic (exact) mass is 440 g/mol. The zero-order valence-electron chi connectivity index (χ0n) is 13.5. The minimum Gasteiger partial charge on any atom is -0.323 e. The van der Waals surface area contributed by atoms with E-state index in [1.54, 1.807) is 6.20 Å². The fourth-order valence-corrected chi connectivity index (χ4v) is 4.21. The number of benzene rings is 1. The van der Waals surface area contributed by atoms with Gasteiger partial charge in [0.15, 0.2) is 0 Å². The van der Waals surface area contributed by atoms with Crippen LogP contribution in [0.25, 0.3) is 0 Å². The number of rotatable bonds is 2. The van der Waals surface area contributed by atoms with Gasteiger partial charge in [-0.2, -0.15) is 0 Å². The van der Waals surface area contributed by atoms with E-state index in [2.05, 4.69) is 36.5 Å². The predicted octanol–water partition coefficient (Wildman–Crippen LogP) is 2.93. The number of nitrogens with zero attached hydrogens (tertiary/aromatic N) is 1. The van der Waals surface area contributed by atoms with Crippen LogP contribution in [0.3, 0.4) is 0 Å². The van der Waals surface area contributed by atoms with Gasteiger partial charge in [0, 0.05) is 46.3 Å². The Morgan fingerprint density at radius 1 is 1.38 bits per heavy atom. The molecule has 26 heavy (non-hydrogen) atoms. The molecule has 2 bridgehead atoms. The lowest BCUT2D eigenvalue weighted by Gasteiger charge is -2.40. The Kier molecular flexibility index (Phi) is 4.58. The normalized spacial score (nSPS) is 24.0. The standard InChI is InChI=1S/C17H15BrClFN4O2/c18-10-4-12(20)15(5-11(10)19)23-16(25)7-1-8-3-14-9(13(2-7)22-8)6-21-17(26)24-14/h4-8,13,22H,1-3H2,(H,23,25)(H,21,24,26). The Hall–Kier alpha value is -1.77. The SMILES string of the molecule is O=C(Nc1cc(Cl)c(Br)cc1F)C1CC2Cc3[nH]c(=O)ncc3C(C1)N2. The lowest BCUT2D eigenvalue weighted by Crippen LogP contribution is -2.49. The number of carbonyl (C=O) groups is 1. The van der Waals surface area contributed by atoms with Gasteiger partial charge in [0.25, 0.3) is 0 Å². The number of hydrogen-bond donors (Lipinski definition) is 3. The number of anilines is 1. The van der Waals surface area contributed by atoms with Gasteiger partial charge < -0.3 is 15.6 Å². The smallest absolute Gasteiger partial charge is 0.323 e. The van der Waals surface area contributed by atoms with E-state index in [9.17, 15) is 14.0 Å². The van der Waals surface area contributed by atoms with E-state index in [0.717, 1.165) is 11.3 Å². The van der Waals surface area contributed by atoms with E-state index in [1.807, 2.05) is 0 Å². The fraction of sp³-hybridized carbons (Fsp3) is 0.353. The molecule has 9 heteroatoms. The molecule has 2 aromatic rings. The summed E-state index contributed by atoms with van der Waals surface area (Å²) in [7, 11) is 0. The molecular formula is C17H15BrClFN4O2. The minimum atomic E-state index is -0.545. The average Bonchev–Trinajstić information content (AvgIpc) is 2.59. The summed E-state index contributed by atoms with van der Waals surface area (Å²) in [5.41, 5.74) is 1.50. The summed E-state index contributed by atoms with van der Waals surface area (Å²) < 4.78 is 14.5. The van der Waals surface area contributed by atoms with Gasteiger partial charge in [-0.25, -0.2) is 14.2 Å². The second kappa shape index (κ2) is 6.75. The average molecular weight is 442 g/mol. The predicted molar refractivity (Wildman–Crippen MR) is 98.7 cm³/mol. The highest BCUT2D eigenvalue weighted by atomic mass is 79.9. The molecule has 1 aromatic heterocycles. The third kappa shape index (κ3) is 3.28. The first-order chi connectivity index (χ1) is 12.4. The quantitative estimate of drug-likeness (QED) is 0.626. The van der Waals surface area contributed by atoms with Crippen LogP contribution in [0, 0.1) is 11.7 Å². The lowest BCUT2D eigenvalue weighted by molar-refractivity contribution is -0.121. The molecule has 1 aromatic carbocycles. The molecule has 4 rings (SSSR count). The van der Waals surface area contributed by atoms with Crippen molar-refractivity contribution in [1.29, 1.82) is 0 Å². The molecule has 1 fully saturated rings. The molecule has 6 nitrogen and oxygen atoms in total. The van der Waals surface area contributed by atoms with Gasteiger partial charge in [-0.05, 0) is 40.9 Å². The number of aromatic amines is 1. The summed E-state index contributed by atoms with van der Waals surface area (Å²) >= 11 is 9.14. The zero-order chi connectivity index (χ0) is 18.4. The van der Waals surface area contributed by atoms with Crippen LogP contribution in [0.1, 0.15) is 30.1 Å². The van der Waals surface area contributed by atoms with Gasteiger partial charge in [0.05, 0.1) is 10.7 Å². The number of halogens is 3. The third-order valence-electron chi connectivity index (χ3n) is 4.92. The Labute approximate surface area is 161 Å². The van der Waals surface area contributed by atoms with E-state index in [-0.39, 0.29) is 35.3 Å². The summed E-state index contributed by atoms with van der Waals surface area (Å²) in [6.07, 6.45) is 3.36. The van der Waals surface area contributed by atoms with Crippen LogP contribution in [0.4, 0.5) is 10.1 Å². The van der Waals surface area contributed by atoms with Crippen molar-refractivity contribution in [2.24, 2.45) is 5.92 Å². The highest BCUT2D eigenvalue weighted by Crippen LogP contribution is 2.37. The molecule has 1 saturated heterocycles. The first-order valence-electron chi connectivity index (χ1n) is 8.20. The van der Waals surface area contributed by atoms with Crippen molar-refractivity contribution in [3.63, 3.8) is 0 Å². The number of carbonyl (C=O) groups excluding carboxylic acids is 1. The maximum absolute atomic E-state index is 14.1. The van der Waals surface area contributed by atoms with E-state index in [0.29, 0.717) is 28.8 Å². The molecule has 2 aliphatic heterocycles. The number of H-pyrrole nitrogens is 1. The third-order valence-corrected chi connectivity index (χ3v) is 6.11. The highest BCUT2D eigenvalue weighted by Gasteiger charge is 2.38. The summed E-state index contributed by atoms with van der Waals surface area (Å²) in [4.78, 5) is 30.7. The van der Waals surface area contributed by atoms with Gasteiger partial charge in [0.2, 0.25) is 5.91 Å². The van der Waals surface area contributed by atoms with E-state index < -0.39 is 5.82 Å². The van der Waals surface area contributed by atoms with E-state index in [4.69, 9.17) is 11.6 Å². The Morgan fingerprint density at radius 2 is 2.19 bits per heavy atom. The van der Waals surface area contributed by atoms with Gasteiger partial charge >= 0.3 is 5.69 Å². The van der Waals surface area contributed by atoms with Crippen molar-refractivity contribution < 1.29 is 9.18 Å². The van der Waals surface area contributed by atoms with E-state index in [1.165, 1.54) is 12.1 Å². The van der Waals surface area contributed by atoms with Gasteiger partial charge in [-0.3, -0.25) is 4.79 Å². The van der Waals surface area contributed by atoms with Crippen LogP contribution >= 0.6 is 27.5 Å². The van der Waals surface area contributed by atoms with Crippen molar-refractivity contribution in [1.82, 2.24) is 15.3 Å². The molecule has 1 amide bonds. The van der Waals surface area contributed by atoms with Crippen molar-refractivity contribution in [2.45, 2.75) is 31.3 Å². The highest BCUT2D eigenvalue weighted by molar-refractivity contribution is 9.10. The fourth-order valence-electron chi connectivity index (χ4n) is 3.73. The summed E-state index contributed by atoms with van der Waals surface area (Å²) in [5, 5.41) is 6.44. The molecule has 3 heterocycles. The van der Waals surface area contributed by atoms with Crippen molar-refractivity contribution in [3.8, 4) is 0 Å². The molecule has 3 atom stereocenters. The Bertz CT molecular complexity index is 951. The van der Waals surface area contributed by atoms with Crippen LogP contribution in [0.15, 0.2) is 27.6 Å². The summed E-state index contributed by atoms with van der Waals surface area (Å²) in [6, 6.07) is 2.64. The number of nitrogens with one attached hydrogen (secondary N) is 3. The molecule has 0 radical (unpaired) electrons. The summed E-state index contributed by atoms with van der Waals surface area (Å²) in [6.45, 7) is 0. The largest absolute Gasteiger partial charge is 0.345 e. The van der Waals surface area contributed by atoms with Crippen LogP contribution in [-0.4, -0.2) is 21.9 Å². The van der Waals surface area contributed by atoms with Crippen LogP contribution in [-0.2, 0) is 11.2 Å². The molecule has 0 aliphatic carbocycles. The van der Waals surface area contributed by atoms with Gasteiger partial charge in [-0.15, -0.1) is 0 Å². The first kappa shape index (κ1) is 17.6. The molecular weight excluding hydrogens is 427 g/mol. The Balaban J connectivity index is 1.53. The molecule has 0 spiro atoms.